The summed E-state index contributed by atoms with van der Waals surface area (Å²) in [7, 11) is -6.44. The molecule has 0 aliphatic carbocycles. The van der Waals surface area contributed by atoms with Crippen LogP contribution in [0.1, 0.15) is 13.3 Å². The van der Waals surface area contributed by atoms with Gasteiger partial charge in [-0.15, -0.1) is 0 Å². The molecule has 1 unspecified atom stereocenters. The number of nitrogens with two attached hydrogens (primary N) is 1. The van der Waals surface area contributed by atoms with Crippen molar-refractivity contribution in [2.45, 2.75) is 29.2 Å². The van der Waals surface area contributed by atoms with E-state index < -0.39 is 30.6 Å². The average Bonchev–Trinajstić information content (AvgIpc) is 2.34. The van der Waals surface area contributed by atoms with Gasteiger partial charge in [0.1, 0.15) is 10.7 Å². The molecule has 1 aromatic carbocycles. The van der Waals surface area contributed by atoms with Crippen LogP contribution in [0.15, 0.2) is 28.0 Å². The number of nitrogens with zero attached hydrogens (tertiary/aromatic N) is 1. The highest BCUT2D eigenvalue weighted by Gasteiger charge is 2.26. The van der Waals surface area contributed by atoms with Crippen LogP contribution in [0, 0.1) is 5.82 Å². The molecule has 0 saturated carbocycles. The molecule has 1 aromatic rings. The highest BCUT2D eigenvalue weighted by Crippen LogP contribution is 2.22. The maximum atomic E-state index is 13.8. The van der Waals surface area contributed by atoms with Crippen molar-refractivity contribution < 1.29 is 21.2 Å². The molecule has 0 heterocycles. The molecule has 9 heteroatoms. The van der Waals surface area contributed by atoms with E-state index in [0.717, 1.165) is 28.8 Å². The van der Waals surface area contributed by atoms with Gasteiger partial charge in [-0.2, -0.15) is 0 Å². The van der Waals surface area contributed by atoms with E-state index in [1.165, 1.54) is 7.05 Å². The van der Waals surface area contributed by atoms with Crippen LogP contribution in [-0.4, -0.2) is 47.0 Å². The third-order valence-electron chi connectivity index (χ3n) is 2.92. The van der Waals surface area contributed by atoms with Crippen molar-refractivity contribution in [3.05, 3.63) is 24.0 Å². The number of benzene rings is 1. The fraction of sp³-hybridized carbons (Fsp3) is 0.500. The molecular formula is C12H19FN2O4S2. The molecule has 0 fully saturated rings. The van der Waals surface area contributed by atoms with Gasteiger partial charge in [0.15, 0.2) is 9.84 Å². The Bertz CT molecular complexity index is 715. The smallest absolute Gasteiger partial charge is 0.245 e. The van der Waals surface area contributed by atoms with Crippen LogP contribution in [0.25, 0.3) is 0 Å². The average molecular weight is 338 g/mol. The van der Waals surface area contributed by atoms with Crippen molar-refractivity contribution >= 4 is 19.9 Å². The second-order valence-corrected chi connectivity index (χ2v) is 8.99. The summed E-state index contributed by atoms with van der Waals surface area (Å²) in [6, 6.07) is 2.51. The Morgan fingerprint density at radius 1 is 1.29 bits per heavy atom. The molecule has 0 aliphatic heterocycles. The molecule has 1 rings (SSSR count). The molecular weight excluding hydrogens is 319 g/mol. The van der Waals surface area contributed by atoms with Crippen molar-refractivity contribution in [2.75, 3.05) is 19.8 Å². The molecule has 120 valence electrons. The summed E-state index contributed by atoms with van der Waals surface area (Å²) in [5.41, 5.74) is 5.56. The van der Waals surface area contributed by atoms with Crippen LogP contribution >= 0.6 is 0 Å². The topological polar surface area (TPSA) is 97.5 Å². The van der Waals surface area contributed by atoms with Crippen LogP contribution in [0.2, 0.25) is 0 Å². The molecule has 6 nitrogen and oxygen atoms in total. The van der Waals surface area contributed by atoms with Crippen molar-refractivity contribution in [1.29, 1.82) is 0 Å². The Morgan fingerprint density at radius 2 is 1.86 bits per heavy atom. The summed E-state index contributed by atoms with van der Waals surface area (Å²) in [4.78, 5) is -0.902. The fourth-order valence-electron chi connectivity index (χ4n) is 1.59. The van der Waals surface area contributed by atoms with E-state index in [9.17, 15) is 21.2 Å². The van der Waals surface area contributed by atoms with Gasteiger partial charge in [-0.25, -0.2) is 25.5 Å². The van der Waals surface area contributed by atoms with Gasteiger partial charge < -0.3 is 5.73 Å². The second-order valence-electron chi connectivity index (χ2n) is 4.96. The van der Waals surface area contributed by atoms with Gasteiger partial charge in [0.05, 0.1) is 4.90 Å². The Balaban J connectivity index is 3.25. The van der Waals surface area contributed by atoms with E-state index in [2.05, 4.69) is 0 Å². The van der Waals surface area contributed by atoms with Gasteiger partial charge in [-0.05, 0) is 31.5 Å². The molecule has 2 N–H and O–H groups in total. The van der Waals surface area contributed by atoms with Gasteiger partial charge in [-0.3, -0.25) is 0 Å². The van der Waals surface area contributed by atoms with Crippen molar-refractivity contribution in [1.82, 2.24) is 4.31 Å². The number of halogens is 1. The zero-order valence-electron chi connectivity index (χ0n) is 12.1. The summed E-state index contributed by atoms with van der Waals surface area (Å²) < 4.78 is 62.3. The predicted molar refractivity (Wildman–Crippen MR) is 77.6 cm³/mol. The normalized spacial score (nSPS) is 14.4. The molecule has 0 radical (unpaired) electrons. The van der Waals surface area contributed by atoms with Gasteiger partial charge in [-0.1, -0.05) is 0 Å². The number of sulfone groups is 1. The van der Waals surface area contributed by atoms with E-state index in [1.54, 1.807) is 6.92 Å². The largest absolute Gasteiger partial charge is 0.328 e. The first-order valence-corrected chi connectivity index (χ1v) is 9.51. The fourth-order valence-corrected chi connectivity index (χ4v) is 3.58. The molecule has 0 bridgehead atoms. The SMILES string of the molecule is CC(N)CCN(C)S(=O)(=O)c1cc(S(C)(=O)=O)ccc1F. The number of hydrogen-bond donors (Lipinski definition) is 1. The lowest BCUT2D eigenvalue weighted by molar-refractivity contribution is 0.441. The van der Waals surface area contributed by atoms with Gasteiger partial charge in [0.2, 0.25) is 10.0 Å². The second kappa shape index (κ2) is 6.39. The molecule has 21 heavy (non-hydrogen) atoms. The third kappa shape index (κ3) is 4.47. The Hall–Kier alpha value is -1.03. The molecule has 1 atom stereocenters. The lowest BCUT2D eigenvalue weighted by atomic mass is 10.2. The maximum Gasteiger partial charge on any atom is 0.245 e. The third-order valence-corrected chi connectivity index (χ3v) is 5.90. The predicted octanol–water partition coefficient (Wildman–Crippen LogP) is 0.587. The van der Waals surface area contributed by atoms with Gasteiger partial charge >= 0.3 is 0 Å². The standard InChI is InChI=1S/C12H19FN2O4S2/c1-9(14)6-7-15(2)21(18,19)12-8-10(20(3,16)17)4-5-11(12)13/h4-5,8-9H,6-7,14H2,1-3H3. The number of rotatable bonds is 6. The monoisotopic (exact) mass is 338 g/mol. The molecule has 0 aliphatic rings. The molecule has 0 spiro atoms. The van der Waals surface area contributed by atoms with Crippen LogP contribution in [0.4, 0.5) is 4.39 Å². The van der Waals surface area contributed by atoms with Crippen molar-refractivity contribution in [3.63, 3.8) is 0 Å². The minimum Gasteiger partial charge on any atom is -0.328 e. The van der Waals surface area contributed by atoms with Crippen LogP contribution < -0.4 is 5.73 Å². The Kier molecular flexibility index (Phi) is 5.48. The van der Waals surface area contributed by atoms with E-state index in [-0.39, 0.29) is 17.5 Å². The Labute approximate surface area is 124 Å². The first kappa shape index (κ1) is 18.0. The summed E-state index contributed by atoms with van der Waals surface area (Å²) in [6.45, 7) is 1.84. The molecule has 0 amide bonds. The number of sulfonamides is 1. The summed E-state index contributed by atoms with van der Waals surface area (Å²) in [5.74, 6) is -0.991. The number of hydrogen-bond acceptors (Lipinski definition) is 5. The summed E-state index contributed by atoms with van der Waals surface area (Å²) >= 11 is 0. The highest BCUT2D eigenvalue weighted by atomic mass is 32.2. The van der Waals surface area contributed by atoms with Crippen molar-refractivity contribution in [2.24, 2.45) is 5.73 Å². The first-order valence-electron chi connectivity index (χ1n) is 6.18. The van der Waals surface area contributed by atoms with Crippen LogP contribution in [0.3, 0.4) is 0 Å². The van der Waals surface area contributed by atoms with Gasteiger partial charge in [0.25, 0.3) is 0 Å². The molecule has 0 saturated heterocycles. The minimum absolute atomic E-state index is 0.114. The maximum absolute atomic E-state index is 13.8. The van der Waals surface area contributed by atoms with E-state index in [1.807, 2.05) is 0 Å². The first-order chi connectivity index (χ1) is 9.46. The quantitative estimate of drug-likeness (QED) is 0.766. The van der Waals surface area contributed by atoms with E-state index in [4.69, 9.17) is 5.73 Å². The minimum atomic E-state index is -4.11. The lowest BCUT2D eigenvalue weighted by Gasteiger charge is -2.19. The summed E-state index contributed by atoms with van der Waals surface area (Å²) in [6.07, 6.45) is 1.33. The highest BCUT2D eigenvalue weighted by molar-refractivity contribution is 7.91. The summed E-state index contributed by atoms with van der Waals surface area (Å²) in [5, 5.41) is 0. The Morgan fingerprint density at radius 3 is 2.33 bits per heavy atom. The van der Waals surface area contributed by atoms with E-state index in [0.29, 0.717) is 6.42 Å². The zero-order valence-corrected chi connectivity index (χ0v) is 13.7. The van der Waals surface area contributed by atoms with Gasteiger partial charge in [0, 0.05) is 25.9 Å². The van der Waals surface area contributed by atoms with Crippen LogP contribution in [-0.2, 0) is 19.9 Å². The zero-order chi connectivity index (χ0) is 16.4. The van der Waals surface area contributed by atoms with E-state index >= 15 is 0 Å². The van der Waals surface area contributed by atoms with Crippen LogP contribution in [0.5, 0.6) is 0 Å². The molecule has 0 aromatic heterocycles. The lowest BCUT2D eigenvalue weighted by Crippen LogP contribution is -2.32. The van der Waals surface area contributed by atoms with Crippen molar-refractivity contribution in [3.8, 4) is 0 Å².